The van der Waals surface area contributed by atoms with Gasteiger partial charge >= 0.3 is 6.03 Å². The Bertz CT molecular complexity index is 841. The summed E-state index contributed by atoms with van der Waals surface area (Å²) in [7, 11) is 0. The normalized spacial score (nSPS) is 19.4. The molecule has 1 saturated heterocycles. The molecular formula is C21H27N3O2S. The van der Waals surface area contributed by atoms with Crippen molar-refractivity contribution in [2.75, 3.05) is 19.6 Å². The summed E-state index contributed by atoms with van der Waals surface area (Å²) in [6.07, 6.45) is 5.52. The van der Waals surface area contributed by atoms with E-state index in [1.54, 1.807) is 18.3 Å². The van der Waals surface area contributed by atoms with Crippen LogP contribution in [-0.4, -0.2) is 46.9 Å². The summed E-state index contributed by atoms with van der Waals surface area (Å²) in [5.41, 5.74) is 1.01. The van der Waals surface area contributed by atoms with Crippen LogP contribution >= 0.6 is 11.3 Å². The molecule has 3 amide bonds. The summed E-state index contributed by atoms with van der Waals surface area (Å²) in [5.74, 6) is 0.140. The van der Waals surface area contributed by atoms with Gasteiger partial charge in [0.05, 0.1) is 5.54 Å². The lowest BCUT2D eigenvalue weighted by molar-refractivity contribution is -0.141. The average molecular weight is 386 g/mol. The molecular weight excluding hydrogens is 358 g/mol. The molecule has 1 aromatic carbocycles. The van der Waals surface area contributed by atoms with E-state index in [2.05, 4.69) is 22.8 Å². The van der Waals surface area contributed by atoms with Gasteiger partial charge in [0.2, 0.25) is 5.91 Å². The Morgan fingerprint density at radius 1 is 1.15 bits per heavy atom. The number of carbonyl (C=O) groups is 2. The van der Waals surface area contributed by atoms with Crippen LogP contribution < -0.4 is 5.32 Å². The molecule has 1 N–H and O–H groups in total. The van der Waals surface area contributed by atoms with Gasteiger partial charge in [0.25, 0.3) is 0 Å². The monoisotopic (exact) mass is 385 g/mol. The van der Waals surface area contributed by atoms with E-state index in [4.69, 9.17) is 0 Å². The minimum Gasteiger partial charge on any atom is -0.334 e. The van der Waals surface area contributed by atoms with E-state index in [9.17, 15) is 9.59 Å². The number of thiophene rings is 1. The number of benzene rings is 1. The summed E-state index contributed by atoms with van der Waals surface area (Å²) in [4.78, 5) is 29.0. The minimum absolute atomic E-state index is 0.0153. The SMILES string of the molecule is CC(=O)N1CCN(C(=O)NCc2csc3ccccc23)CC12CCCCC2. The van der Waals surface area contributed by atoms with E-state index in [-0.39, 0.29) is 17.5 Å². The number of nitrogens with zero attached hydrogens (tertiary/aromatic N) is 2. The third-order valence-corrected chi connectivity index (χ3v) is 7.11. The summed E-state index contributed by atoms with van der Waals surface area (Å²) >= 11 is 1.71. The second-order valence-electron chi connectivity index (χ2n) is 7.79. The van der Waals surface area contributed by atoms with Crippen molar-refractivity contribution in [2.45, 2.75) is 51.1 Å². The zero-order chi connectivity index (χ0) is 18.9. The molecule has 144 valence electrons. The van der Waals surface area contributed by atoms with Gasteiger partial charge in [0.15, 0.2) is 0 Å². The highest BCUT2D eigenvalue weighted by Crippen LogP contribution is 2.36. The molecule has 2 heterocycles. The van der Waals surface area contributed by atoms with Crippen molar-refractivity contribution in [3.63, 3.8) is 0 Å². The van der Waals surface area contributed by atoms with E-state index in [1.807, 2.05) is 21.9 Å². The highest BCUT2D eigenvalue weighted by Gasteiger charge is 2.44. The Labute approximate surface area is 164 Å². The molecule has 1 saturated carbocycles. The van der Waals surface area contributed by atoms with Gasteiger partial charge in [-0.15, -0.1) is 11.3 Å². The van der Waals surface area contributed by atoms with Crippen molar-refractivity contribution in [1.29, 1.82) is 0 Å². The highest BCUT2D eigenvalue weighted by molar-refractivity contribution is 7.17. The first-order valence-corrected chi connectivity index (χ1v) is 10.7. The molecule has 5 nitrogen and oxygen atoms in total. The number of rotatable bonds is 2. The van der Waals surface area contributed by atoms with E-state index in [1.165, 1.54) is 22.1 Å². The molecule has 1 aliphatic heterocycles. The van der Waals surface area contributed by atoms with Crippen molar-refractivity contribution in [2.24, 2.45) is 0 Å². The standard InChI is InChI=1S/C21H27N3O2S/c1-16(25)24-12-11-23(15-21(24)9-5-2-6-10-21)20(26)22-13-17-14-27-19-8-4-3-7-18(17)19/h3-4,7-8,14H,2,5-6,9-13,15H2,1H3,(H,22,26). The van der Waals surface area contributed by atoms with Crippen LogP contribution in [0.2, 0.25) is 0 Å². The quantitative estimate of drug-likeness (QED) is 0.850. The molecule has 0 radical (unpaired) electrons. The molecule has 2 aromatic rings. The molecule has 2 fully saturated rings. The maximum absolute atomic E-state index is 12.8. The number of amides is 3. The largest absolute Gasteiger partial charge is 0.334 e. The van der Waals surface area contributed by atoms with Crippen LogP contribution in [0.1, 0.15) is 44.6 Å². The lowest BCUT2D eigenvalue weighted by atomic mass is 9.78. The van der Waals surface area contributed by atoms with Crippen LogP contribution in [0.3, 0.4) is 0 Å². The second-order valence-corrected chi connectivity index (χ2v) is 8.70. The number of nitrogens with one attached hydrogen (secondary N) is 1. The van der Waals surface area contributed by atoms with Crippen LogP contribution in [0, 0.1) is 0 Å². The highest BCUT2D eigenvalue weighted by atomic mass is 32.1. The molecule has 27 heavy (non-hydrogen) atoms. The van der Waals surface area contributed by atoms with Crippen molar-refractivity contribution in [3.8, 4) is 0 Å². The number of hydrogen-bond donors (Lipinski definition) is 1. The first kappa shape index (κ1) is 18.3. The first-order valence-electron chi connectivity index (χ1n) is 9.85. The zero-order valence-electron chi connectivity index (χ0n) is 15.9. The van der Waals surface area contributed by atoms with Crippen molar-refractivity contribution < 1.29 is 9.59 Å². The summed E-state index contributed by atoms with van der Waals surface area (Å²) < 4.78 is 1.25. The molecule has 1 spiro atoms. The fourth-order valence-corrected chi connectivity index (χ4v) is 5.70. The van der Waals surface area contributed by atoms with Crippen LogP contribution in [0.25, 0.3) is 10.1 Å². The van der Waals surface area contributed by atoms with Gasteiger partial charge in [0.1, 0.15) is 0 Å². The number of piperazine rings is 1. The second kappa shape index (κ2) is 7.50. The molecule has 0 atom stereocenters. The maximum atomic E-state index is 12.8. The molecule has 1 aromatic heterocycles. The van der Waals surface area contributed by atoms with Gasteiger partial charge in [-0.05, 0) is 35.2 Å². The van der Waals surface area contributed by atoms with E-state index in [0.29, 0.717) is 26.2 Å². The minimum atomic E-state index is -0.158. The number of carbonyl (C=O) groups excluding carboxylic acids is 2. The Morgan fingerprint density at radius 2 is 1.93 bits per heavy atom. The van der Waals surface area contributed by atoms with Crippen molar-refractivity contribution >= 4 is 33.4 Å². The van der Waals surface area contributed by atoms with Crippen LogP contribution in [0.15, 0.2) is 29.6 Å². The lowest BCUT2D eigenvalue weighted by Gasteiger charge is -2.52. The Hall–Kier alpha value is -2.08. The Morgan fingerprint density at radius 3 is 2.70 bits per heavy atom. The van der Waals surface area contributed by atoms with Gasteiger partial charge in [-0.1, -0.05) is 37.5 Å². The summed E-state index contributed by atoms with van der Waals surface area (Å²) in [5, 5.41) is 6.45. The molecule has 4 rings (SSSR count). The van der Waals surface area contributed by atoms with Gasteiger partial charge in [-0.3, -0.25) is 4.79 Å². The Balaban J connectivity index is 1.43. The van der Waals surface area contributed by atoms with Crippen molar-refractivity contribution in [1.82, 2.24) is 15.1 Å². The van der Waals surface area contributed by atoms with E-state index < -0.39 is 0 Å². The van der Waals surface area contributed by atoms with Gasteiger partial charge in [-0.25, -0.2) is 4.79 Å². The van der Waals surface area contributed by atoms with E-state index in [0.717, 1.165) is 25.7 Å². The third kappa shape index (κ3) is 3.55. The molecule has 0 unspecified atom stereocenters. The number of fused-ring (bicyclic) bond motifs is 1. The Kier molecular flexibility index (Phi) is 5.08. The third-order valence-electron chi connectivity index (χ3n) is 6.09. The first-order chi connectivity index (χ1) is 13.1. The molecule has 2 aliphatic rings. The maximum Gasteiger partial charge on any atom is 0.317 e. The predicted molar refractivity (Wildman–Crippen MR) is 109 cm³/mol. The van der Waals surface area contributed by atoms with Crippen LogP contribution in [0.4, 0.5) is 4.79 Å². The van der Waals surface area contributed by atoms with Crippen molar-refractivity contribution in [3.05, 3.63) is 35.2 Å². The molecule has 1 aliphatic carbocycles. The van der Waals surface area contributed by atoms with Gasteiger partial charge in [0, 0.05) is 37.8 Å². The van der Waals surface area contributed by atoms with Gasteiger partial charge in [-0.2, -0.15) is 0 Å². The van der Waals surface area contributed by atoms with Gasteiger partial charge < -0.3 is 15.1 Å². The fraction of sp³-hybridized carbons (Fsp3) is 0.524. The lowest BCUT2D eigenvalue weighted by Crippen LogP contribution is -2.65. The predicted octanol–water partition coefficient (Wildman–Crippen LogP) is 3.98. The average Bonchev–Trinajstić information content (AvgIpc) is 3.09. The number of hydrogen-bond acceptors (Lipinski definition) is 3. The zero-order valence-corrected chi connectivity index (χ0v) is 16.7. The molecule has 6 heteroatoms. The van der Waals surface area contributed by atoms with Crippen LogP contribution in [0.5, 0.6) is 0 Å². The topological polar surface area (TPSA) is 52.7 Å². The summed E-state index contributed by atoms with van der Waals surface area (Å²) in [6, 6.07) is 8.28. The number of urea groups is 1. The smallest absolute Gasteiger partial charge is 0.317 e. The van der Waals surface area contributed by atoms with Crippen LogP contribution in [-0.2, 0) is 11.3 Å². The fourth-order valence-electron chi connectivity index (χ4n) is 4.73. The summed E-state index contributed by atoms with van der Waals surface area (Å²) in [6.45, 7) is 4.11. The molecule has 0 bridgehead atoms. The van der Waals surface area contributed by atoms with E-state index >= 15 is 0 Å².